The molecule has 146 valence electrons. The minimum Gasteiger partial charge on any atom is -0.342 e. The molecule has 0 bridgehead atoms. The van der Waals surface area contributed by atoms with Gasteiger partial charge in [-0.15, -0.1) is 0 Å². The second-order valence-electron chi connectivity index (χ2n) is 7.52. The van der Waals surface area contributed by atoms with E-state index in [9.17, 15) is 9.59 Å². The molecule has 1 N–H and O–H groups in total. The summed E-state index contributed by atoms with van der Waals surface area (Å²) in [6.07, 6.45) is 2.20. The van der Waals surface area contributed by atoms with E-state index in [1.54, 1.807) is 0 Å². The van der Waals surface area contributed by atoms with Crippen molar-refractivity contribution in [1.29, 1.82) is 0 Å². The number of hydrogen-bond acceptors (Lipinski definition) is 2. The number of amides is 2. The Bertz CT molecular complexity index is 1040. The van der Waals surface area contributed by atoms with Crippen molar-refractivity contribution in [2.24, 2.45) is 5.92 Å². The average molecular weight is 377 g/mol. The van der Waals surface area contributed by atoms with Crippen molar-refractivity contribution in [3.05, 3.63) is 42.5 Å². The lowest BCUT2D eigenvalue weighted by Gasteiger charge is -2.31. The highest BCUT2D eigenvalue weighted by molar-refractivity contribution is 6.09. The lowest BCUT2D eigenvalue weighted by atomic mass is 9.96. The van der Waals surface area contributed by atoms with E-state index in [4.69, 9.17) is 0 Å². The summed E-state index contributed by atoms with van der Waals surface area (Å²) in [6, 6.07) is 14.5. The van der Waals surface area contributed by atoms with Gasteiger partial charge in [-0.2, -0.15) is 0 Å². The van der Waals surface area contributed by atoms with Gasteiger partial charge in [-0.3, -0.25) is 9.59 Å². The molecule has 28 heavy (non-hydrogen) atoms. The molecule has 2 amide bonds. The molecule has 0 spiro atoms. The molecule has 1 aromatic heterocycles. The summed E-state index contributed by atoms with van der Waals surface area (Å²) >= 11 is 0. The molecule has 4 rings (SSSR count). The summed E-state index contributed by atoms with van der Waals surface area (Å²) in [5.74, 6) is -0.00425. The van der Waals surface area contributed by atoms with Crippen LogP contribution in [0.25, 0.3) is 21.8 Å². The van der Waals surface area contributed by atoms with Gasteiger partial charge in [-0.05, 0) is 44.0 Å². The number of fused-ring (bicyclic) bond motifs is 3. The van der Waals surface area contributed by atoms with Gasteiger partial charge in [0, 0.05) is 53.5 Å². The minimum absolute atomic E-state index is 0.00665. The van der Waals surface area contributed by atoms with E-state index in [1.807, 2.05) is 24.0 Å². The smallest absolute Gasteiger partial charge is 0.229 e. The van der Waals surface area contributed by atoms with Crippen LogP contribution in [0, 0.1) is 5.92 Å². The van der Waals surface area contributed by atoms with Crippen LogP contribution in [0.4, 0.5) is 5.69 Å². The van der Waals surface area contributed by atoms with Crippen molar-refractivity contribution in [2.45, 2.75) is 39.7 Å². The summed E-state index contributed by atoms with van der Waals surface area (Å²) in [6.45, 7) is 6.20. The van der Waals surface area contributed by atoms with Crippen molar-refractivity contribution in [3.8, 4) is 0 Å². The first-order valence-electron chi connectivity index (χ1n) is 10.2. The maximum atomic E-state index is 12.8. The molecule has 1 fully saturated rings. The van der Waals surface area contributed by atoms with Crippen LogP contribution in [0.2, 0.25) is 0 Å². The van der Waals surface area contributed by atoms with E-state index in [2.05, 4.69) is 47.1 Å². The Morgan fingerprint density at radius 2 is 1.86 bits per heavy atom. The topological polar surface area (TPSA) is 54.3 Å². The first kappa shape index (κ1) is 18.5. The van der Waals surface area contributed by atoms with Gasteiger partial charge in [-0.1, -0.05) is 25.1 Å². The largest absolute Gasteiger partial charge is 0.342 e. The van der Waals surface area contributed by atoms with Gasteiger partial charge in [0.1, 0.15) is 0 Å². The van der Waals surface area contributed by atoms with Crippen molar-refractivity contribution in [1.82, 2.24) is 9.47 Å². The molecule has 1 aliphatic rings. The third-order valence-corrected chi connectivity index (χ3v) is 5.80. The first-order valence-corrected chi connectivity index (χ1v) is 10.2. The van der Waals surface area contributed by atoms with Crippen LogP contribution in [-0.2, 0) is 16.1 Å². The number of hydrogen-bond donors (Lipinski definition) is 1. The summed E-state index contributed by atoms with van der Waals surface area (Å²) in [7, 11) is 0. The molecule has 3 aromatic rings. The number of likely N-dealkylation sites (tertiary alicyclic amines) is 1. The quantitative estimate of drug-likeness (QED) is 0.733. The average Bonchev–Trinajstić information content (AvgIpc) is 3.06. The van der Waals surface area contributed by atoms with E-state index >= 15 is 0 Å². The zero-order valence-corrected chi connectivity index (χ0v) is 16.6. The summed E-state index contributed by atoms with van der Waals surface area (Å²) < 4.78 is 2.30. The SMILES string of the molecule is CCC(=O)N1CCCC(C(=O)Nc2ccc3c(c2)c2ccccc2n3CC)C1. The number of carbonyl (C=O) groups is 2. The van der Waals surface area contributed by atoms with Crippen LogP contribution in [-0.4, -0.2) is 34.4 Å². The lowest BCUT2D eigenvalue weighted by molar-refractivity contribution is -0.134. The van der Waals surface area contributed by atoms with Crippen LogP contribution < -0.4 is 5.32 Å². The van der Waals surface area contributed by atoms with Crippen molar-refractivity contribution in [3.63, 3.8) is 0 Å². The highest BCUT2D eigenvalue weighted by Crippen LogP contribution is 2.31. The number of anilines is 1. The molecule has 2 heterocycles. The Morgan fingerprint density at radius 3 is 2.64 bits per heavy atom. The Kier molecular flexibility index (Phi) is 5.07. The Balaban J connectivity index is 1.59. The molecule has 1 atom stereocenters. The second-order valence-corrected chi connectivity index (χ2v) is 7.52. The maximum absolute atomic E-state index is 12.8. The monoisotopic (exact) mass is 377 g/mol. The van der Waals surface area contributed by atoms with Crippen molar-refractivity contribution < 1.29 is 9.59 Å². The Hall–Kier alpha value is -2.82. The molecule has 1 aliphatic heterocycles. The number of aromatic nitrogens is 1. The van der Waals surface area contributed by atoms with Gasteiger partial charge in [0.25, 0.3) is 0 Å². The number of aryl methyl sites for hydroxylation is 1. The van der Waals surface area contributed by atoms with E-state index < -0.39 is 0 Å². The van der Waals surface area contributed by atoms with E-state index in [0.717, 1.165) is 37.0 Å². The number of para-hydroxylation sites is 1. The van der Waals surface area contributed by atoms with Crippen molar-refractivity contribution >= 4 is 39.3 Å². The summed E-state index contributed by atoms with van der Waals surface area (Å²) in [5.41, 5.74) is 3.21. The fraction of sp³-hybridized carbons (Fsp3) is 0.391. The molecular formula is C23H27N3O2. The van der Waals surface area contributed by atoms with Gasteiger partial charge >= 0.3 is 0 Å². The van der Waals surface area contributed by atoms with Crippen LogP contribution in [0.1, 0.15) is 33.1 Å². The van der Waals surface area contributed by atoms with Crippen LogP contribution in [0.15, 0.2) is 42.5 Å². The molecule has 1 unspecified atom stereocenters. The molecule has 0 saturated carbocycles. The van der Waals surface area contributed by atoms with Gasteiger partial charge in [0.05, 0.1) is 5.92 Å². The van der Waals surface area contributed by atoms with Crippen molar-refractivity contribution in [2.75, 3.05) is 18.4 Å². The molecule has 1 saturated heterocycles. The van der Waals surface area contributed by atoms with Gasteiger partial charge in [-0.25, -0.2) is 0 Å². The van der Waals surface area contributed by atoms with E-state index in [1.165, 1.54) is 16.4 Å². The number of nitrogens with zero attached hydrogens (tertiary/aromatic N) is 2. The number of rotatable bonds is 4. The summed E-state index contributed by atoms with van der Waals surface area (Å²) in [4.78, 5) is 26.6. The predicted octanol–water partition coefficient (Wildman–Crippen LogP) is 4.40. The predicted molar refractivity (Wildman–Crippen MR) is 113 cm³/mol. The van der Waals surface area contributed by atoms with Gasteiger partial charge in [0.15, 0.2) is 0 Å². The van der Waals surface area contributed by atoms with E-state index in [0.29, 0.717) is 13.0 Å². The lowest BCUT2D eigenvalue weighted by Crippen LogP contribution is -2.43. The first-order chi connectivity index (χ1) is 13.6. The third kappa shape index (κ3) is 3.26. The zero-order chi connectivity index (χ0) is 19.7. The highest BCUT2D eigenvalue weighted by atomic mass is 16.2. The maximum Gasteiger partial charge on any atom is 0.229 e. The van der Waals surface area contributed by atoms with Gasteiger partial charge in [0.2, 0.25) is 11.8 Å². The Labute approximate surface area is 165 Å². The molecular weight excluding hydrogens is 350 g/mol. The molecule has 5 nitrogen and oxygen atoms in total. The molecule has 5 heteroatoms. The standard InChI is InChI=1S/C23H27N3O2/c1-3-22(27)25-13-7-8-16(15-25)23(28)24-17-11-12-21-19(14-17)18-9-5-6-10-20(18)26(21)4-2/h5-6,9-12,14,16H,3-4,7-8,13,15H2,1-2H3,(H,24,28). The third-order valence-electron chi connectivity index (χ3n) is 5.80. The zero-order valence-electron chi connectivity index (χ0n) is 16.6. The highest BCUT2D eigenvalue weighted by Gasteiger charge is 2.27. The van der Waals surface area contributed by atoms with E-state index in [-0.39, 0.29) is 17.7 Å². The van der Waals surface area contributed by atoms with Crippen LogP contribution in [0.3, 0.4) is 0 Å². The number of carbonyl (C=O) groups excluding carboxylic acids is 2. The van der Waals surface area contributed by atoms with Crippen LogP contribution >= 0.6 is 0 Å². The minimum atomic E-state index is -0.142. The number of nitrogens with one attached hydrogen (secondary N) is 1. The molecule has 0 aliphatic carbocycles. The number of piperidine rings is 1. The fourth-order valence-corrected chi connectivity index (χ4v) is 4.36. The number of benzene rings is 2. The fourth-order valence-electron chi connectivity index (χ4n) is 4.36. The molecule has 2 aromatic carbocycles. The normalized spacial score (nSPS) is 17.2. The summed E-state index contributed by atoms with van der Waals surface area (Å²) in [5, 5.41) is 5.44. The Morgan fingerprint density at radius 1 is 1.07 bits per heavy atom. The molecule has 0 radical (unpaired) electrons. The van der Waals surface area contributed by atoms with Gasteiger partial charge < -0.3 is 14.8 Å². The second kappa shape index (κ2) is 7.66. The van der Waals surface area contributed by atoms with Crippen LogP contribution in [0.5, 0.6) is 0 Å².